The molecule has 2 unspecified atom stereocenters. The van der Waals surface area contributed by atoms with Gasteiger partial charge in [-0.05, 0) is 37.0 Å². The molecular formula is C17H23N3O. The second-order valence-corrected chi connectivity index (χ2v) is 6.28. The zero-order chi connectivity index (χ0) is 14.8. The fraction of sp³-hybridized carbons (Fsp3) is 0.529. The van der Waals surface area contributed by atoms with Crippen molar-refractivity contribution in [3.8, 4) is 0 Å². The van der Waals surface area contributed by atoms with Crippen LogP contribution in [0.2, 0.25) is 0 Å². The Morgan fingerprint density at radius 1 is 1.33 bits per heavy atom. The van der Waals surface area contributed by atoms with Gasteiger partial charge < -0.3 is 9.32 Å². The molecule has 21 heavy (non-hydrogen) atoms. The van der Waals surface area contributed by atoms with Gasteiger partial charge in [-0.15, -0.1) is 0 Å². The highest BCUT2D eigenvalue weighted by atomic mass is 16.3. The molecule has 112 valence electrons. The number of piperidine rings is 1. The van der Waals surface area contributed by atoms with Crippen molar-refractivity contribution in [3.05, 3.63) is 42.2 Å². The number of rotatable bonds is 3. The summed E-state index contributed by atoms with van der Waals surface area (Å²) in [5.74, 6) is 4.01. The zero-order valence-electron chi connectivity index (χ0n) is 13.0. The summed E-state index contributed by atoms with van der Waals surface area (Å²) in [6, 6.07) is 6.32. The first-order valence-corrected chi connectivity index (χ1v) is 7.78. The van der Waals surface area contributed by atoms with Gasteiger partial charge in [-0.3, -0.25) is 0 Å². The van der Waals surface area contributed by atoms with Gasteiger partial charge in [-0.25, -0.2) is 9.97 Å². The third-order valence-electron chi connectivity index (χ3n) is 4.21. The third kappa shape index (κ3) is 2.94. The van der Waals surface area contributed by atoms with Crippen molar-refractivity contribution in [2.75, 3.05) is 11.4 Å². The van der Waals surface area contributed by atoms with Crippen molar-refractivity contribution in [2.24, 2.45) is 5.92 Å². The highest BCUT2D eigenvalue weighted by Crippen LogP contribution is 2.36. The Balaban J connectivity index is 1.93. The predicted molar refractivity (Wildman–Crippen MR) is 83.3 cm³/mol. The molecule has 0 radical (unpaired) electrons. The van der Waals surface area contributed by atoms with E-state index in [4.69, 9.17) is 9.40 Å². The maximum absolute atomic E-state index is 5.67. The average Bonchev–Trinajstić information content (AvgIpc) is 3.01. The lowest BCUT2D eigenvalue weighted by Gasteiger charge is -2.38. The lowest BCUT2D eigenvalue weighted by molar-refractivity contribution is 0.326. The van der Waals surface area contributed by atoms with Crippen LogP contribution in [-0.2, 0) is 0 Å². The van der Waals surface area contributed by atoms with Crippen molar-refractivity contribution in [1.29, 1.82) is 0 Å². The van der Waals surface area contributed by atoms with Crippen LogP contribution in [0.15, 0.2) is 35.1 Å². The Morgan fingerprint density at radius 2 is 2.19 bits per heavy atom. The minimum absolute atomic E-state index is 0.277. The van der Waals surface area contributed by atoms with Crippen molar-refractivity contribution < 1.29 is 4.42 Å². The highest BCUT2D eigenvalue weighted by molar-refractivity contribution is 5.41. The maximum Gasteiger partial charge on any atom is 0.133 e. The molecule has 3 rings (SSSR count). The molecule has 0 aromatic carbocycles. The Bertz CT molecular complexity index is 579. The smallest absolute Gasteiger partial charge is 0.133 e. The van der Waals surface area contributed by atoms with Crippen molar-refractivity contribution in [2.45, 2.75) is 45.6 Å². The summed E-state index contributed by atoms with van der Waals surface area (Å²) in [6.07, 6.45) is 5.92. The molecule has 0 saturated carbocycles. The molecule has 0 aliphatic carbocycles. The van der Waals surface area contributed by atoms with Gasteiger partial charge in [0.05, 0.1) is 12.3 Å². The van der Waals surface area contributed by atoms with Crippen LogP contribution in [0.1, 0.15) is 57.2 Å². The minimum atomic E-state index is 0.277. The monoisotopic (exact) mass is 285 g/mol. The van der Waals surface area contributed by atoms with E-state index in [0.717, 1.165) is 30.4 Å². The van der Waals surface area contributed by atoms with Gasteiger partial charge in [0, 0.05) is 18.7 Å². The van der Waals surface area contributed by atoms with Crippen LogP contribution in [0.25, 0.3) is 0 Å². The molecule has 3 heterocycles. The van der Waals surface area contributed by atoms with E-state index in [0.29, 0.717) is 11.8 Å². The van der Waals surface area contributed by atoms with Crippen LogP contribution in [0.4, 0.5) is 5.82 Å². The van der Waals surface area contributed by atoms with Gasteiger partial charge in [0.1, 0.15) is 17.4 Å². The maximum atomic E-state index is 5.67. The van der Waals surface area contributed by atoms with E-state index in [1.807, 2.05) is 18.3 Å². The van der Waals surface area contributed by atoms with Crippen molar-refractivity contribution in [1.82, 2.24) is 9.97 Å². The van der Waals surface area contributed by atoms with Crippen LogP contribution in [0.5, 0.6) is 0 Å². The zero-order valence-corrected chi connectivity index (χ0v) is 13.0. The molecule has 4 nitrogen and oxygen atoms in total. The molecule has 4 heteroatoms. The fourth-order valence-corrected chi connectivity index (χ4v) is 2.97. The van der Waals surface area contributed by atoms with Gasteiger partial charge in [0.15, 0.2) is 0 Å². The summed E-state index contributed by atoms with van der Waals surface area (Å²) in [5.41, 5.74) is 0. The lowest BCUT2D eigenvalue weighted by Crippen LogP contribution is -2.36. The quantitative estimate of drug-likeness (QED) is 0.848. The van der Waals surface area contributed by atoms with E-state index in [1.54, 1.807) is 6.26 Å². The molecule has 2 aromatic rings. The largest absolute Gasteiger partial charge is 0.467 e. The van der Waals surface area contributed by atoms with E-state index in [2.05, 4.69) is 36.7 Å². The Labute approximate surface area is 126 Å². The highest BCUT2D eigenvalue weighted by Gasteiger charge is 2.30. The summed E-state index contributed by atoms with van der Waals surface area (Å²) in [7, 11) is 0. The van der Waals surface area contributed by atoms with Crippen LogP contribution >= 0.6 is 0 Å². The fourth-order valence-electron chi connectivity index (χ4n) is 2.97. The molecule has 1 aliphatic heterocycles. The standard InChI is InChI=1S/C17H23N3O/c1-12(2)17-18-8-6-16(19-17)20-9-7-13(3)11-14(20)15-5-4-10-21-15/h4-6,8,10,12-14H,7,9,11H2,1-3H3. The molecule has 1 fully saturated rings. The second kappa shape index (κ2) is 5.88. The first-order chi connectivity index (χ1) is 10.1. The SMILES string of the molecule is CC1CCN(c2ccnc(C(C)C)n2)C(c2ccco2)C1. The van der Waals surface area contributed by atoms with Crippen molar-refractivity contribution in [3.63, 3.8) is 0 Å². The molecule has 0 bridgehead atoms. The number of nitrogens with zero attached hydrogens (tertiary/aromatic N) is 3. The predicted octanol–water partition coefficient (Wildman–Crippen LogP) is 4.17. The Kier molecular flexibility index (Phi) is 3.95. The second-order valence-electron chi connectivity index (χ2n) is 6.28. The van der Waals surface area contributed by atoms with Crippen LogP contribution in [-0.4, -0.2) is 16.5 Å². The number of furan rings is 1. The summed E-state index contributed by atoms with van der Waals surface area (Å²) in [4.78, 5) is 11.5. The molecule has 2 atom stereocenters. The van der Waals surface area contributed by atoms with Gasteiger partial charge in [-0.2, -0.15) is 0 Å². The van der Waals surface area contributed by atoms with Crippen LogP contribution in [0.3, 0.4) is 0 Å². The van der Waals surface area contributed by atoms with Gasteiger partial charge in [-0.1, -0.05) is 20.8 Å². The summed E-state index contributed by atoms with van der Waals surface area (Å²) < 4.78 is 5.67. The number of hydrogen-bond donors (Lipinski definition) is 0. The molecule has 1 aliphatic rings. The van der Waals surface area contributed by atoms with Gasteiger partial charge in [0.25, 0.3) is 0 Å². The number of aromatic nitrogens is 2. The van der Waals surface area contributed by atoms with Crippen LogP contribution < -0.4 is 4.90 Å². The van der Waals surface area contributed by atoms with Gasteiger partial charge in [0.2, 0.25) is 0 Å². The van der Waals surface area contributed by atoms with E-state index >= 15 is 0 Å². The number of hydrogen-bond acceptors (Lipinski definition) is 4. The molecule has 2 aromatic heterocycles. The summed E-state index contributed by atoms with van der Waals surface area (Å²) >= 11 is 0. The minimum Gasteiger partial charge on any atom is -0.467 e. The van der Waals surface area contributed by atoms with Crippen molar-refractivity contribution >= 4 is 5.82 Å². The molecule has 1 saturated heterocycles. The van der Waals surface area contributed by atoms with Gasteiger partial charge >= 0.3 is 0 Å². The number of anilines is 1. The summed E-state index contributed by atoms with van der Waals surface area (Å²) in [5, 5.41) is 0. The average molecular weight is 285 g/mol. The van der Waals surface area contributed by atoms with E-state index in [9.17, 15) is 0 Å². The van der Waals surface area contributed by atoms with E-state index in [1.165, 1.54) is 6.42 Å². The Morgan fingerprint density at radius 3 is 2.90 bits per heavy atom. The topological polar surface area (TPSA) is 42.2 Å². The van der Waals surface area contributed by atoms with E-state index in [-0.39, 0.29) is 6.04 Å². The third-order valence-corrected chi connectivity index (χ3v) is 4.21. The molecule has 0 spiro atoms. The van der Waals surface area contributed by atoms with Crippen LogP contribution in [0, 0.1) is 5.92 Å². The first-order valence-electron chi connectivity index (χ1n) is 7.78. The molecular weight excluding hydrogens is 262 g/mol. The first kappa shape index (κ1) is 14.1. The molecule has 0 N–H and O–H groups in total. The normalized spacial score (nSPS) is 22.8. The molecule has 0 amide bonds. The Hall–Kier alpha value is -1.84. The van der Waals surface area contributed by atoms with E-state index < -0.39 is 0 Å². The lowest BCUT2D eigenvalue weighted by atomic mass is 9.91. The summed E-state index contributed by atoms with van der Waals surface area (Å²) in [6.45, 7) is 7.58.